The SMILES string of the molecule is CC1(C)O[C@H]2[C@H](c3ccc4c(N)ncnn34)O[C@](C#N)(COC(=O)n3ccnc3)[C@H]2O1. The van der Waals surface area contributed by atoms with E-state index >= 15 is 0 Å². The summed E-state index contributed by atoms with van der Waals surface area (Å²) in [5, 5.41) is 14.3. The fourth-order valence-corrected chi connectivity index (χ4v) is 4.00. The molecule has 0 aromatic carbocycles. The molecule has 3 aromatic rings. The van der Waals surface area contributed by atoms with Gasteiger partial charge in [-0.25, -0.2) is 23.8 Å². The predicted molar refractivity (Wildman–Crippen MR) is 102 cm³/mol. The van der Waals surface area contributed by atoms with Gasteiger partial charge >= 0.3 is 6.09 Å². The van der Waals surface area contributed by atoms with Crippen molar-refractivity contribution in [3.8, 4) is 6.07 Å². The fraction of sp³-hybridized carbons (Fsp3) is 0.421. The molecular formula is C19H19N7O5. The molecule has 31 heavy (non-hydrogen) atoms. The van der Waals surface area contributed by atoms with Crippen LogP contribution in [0.25, 0.3) is 5.52 Å². The summed E-state index contributed by atoms with van der Waals surface area (Å²) in [4.78, 5) is 20.1. The van der Waals surface area contributed by atoms with E-state index in [0.717, 1.165) is 4.57 Å². The lowest BCUT2D eigenvalue weighted by Crippen LogP contribution is -2.46. The van der Waals surface area contributed by atoms with E-state index in [1.54, 1.807) is 30.5 Å². The number of fused-ring (bicyclic) bond motifs is 2. The van der Waals surface area contributed by atoms with Crippen molar-refractivity contribution in [2.24, 2.45) is 0 Å². The van der Waals surface area contributed by atoms with Crippen LogP contribution in [-0.2, 0) is 18.9 Å². The minimum absolute atomic E-state index is 0.306. The maximum absolute atomic E-state index is 12.3. The molecule has 12 nitrogen and oxygen atoms in total. The highest BCUT2D eigenvalue weighted by Gasteiger charge is 2.65. The Morgan fingerprint density at radius 2 is 2.19 bits per heavy atom. The molecule has 4 atom stereocenters. The number of nitriles is 1. The highest BCUT2D eigenvalue weighted by Crippen LogP contribution is 2.50. The van der Waals surface area contributed by atoms with Crippen molar-refractivity contribution >= 4 is 17.4 Å². The van der Waals surface area contributed by atoms with Crippen molar-refractivity contribution in [2.75, 3.05) is 12.3 Å². The van der Waals surface area contributed by atoms with Gasteiger partial charge in [0.15, 0.2) is 11.6 Å². The molecule has 2 N–H and O–H groups in total. The maximum Gasteiger partial charge on any atom is 0.419 e. The molecule has 0 unspecified atom stereocenters. The number of hydrogen-bond acceptors (Lipinski definition) is 10. The number of nitrogen functional groups attached to an aromatic ring is 1. The van der Waals surface area contributed by atoms with Crippen LogP contribution in [0.4, 0.5) is 10.6 Å². The lowest BCUT2D eigenvalue weighted by molar-refractivity contribution is -0.205. The highest BCUT2D eigenvalue weighted by atomic mass is 16.8. The smallest absolute Gasteiger partial charge is 0.419 e. The lowest BCUT2D eigenvalue weighted by atomic mass is 9.96. The first-order chi connectivity index (χ1) is 14.8. The second-order valence-electron chi connectivity index (χ2n) is 7.79. The van der Waals surface area contributed by atoms with Gasteiger partial charge in [0, 0.05) is 12.4 Å². The molecule has 5 rings (SSSR count). The van der Waals surface area contributed by atoms with Crippen molar-refractivity contribution in [2.45, 2.75) is 43.5 Å². The first-order valence-corrected chi connectivity index (χ1v) is 9.51. The Labute approximate surface area is 176 Å². The number of nitrogens with zero attached hydrogens (tertiary/aromatic N) is 6. The maximum atomic E-state index is 12.3. The fourth-order valence-electron chi connectivity index (χ4n) is 4.00. The number of carbonyl (C=O) groups is 1. The Bertz CT molecular complexity index is 1180. The topological polar surface area (TPSA) is 152 Å². The molecule has 2 saturated heterocycles. The predicted octanol–water partition coefficient (Wildman–Crippen LogP) is 1.05. The summed E-state index contributed by atoms with van der Waals surface area (Å²) < 4.78 is 26.4. The largest absolute Gasteiger partial charge is 0.445 e. The summed E-state index contributed by atoms with van der Waals surface area (Å²) >= 11 is 0. The molecule has 3 aromatic heterocycles. The third-order valence-corrected chi connectivity index (χ3v) is 5.34. The Kier molecular flexibility index (Phi) is 4.23. The number of anilines is 1. The molecule has 0 radical (unpaired) electrons. The molecule has 2 fully saturated rings. The zero-order valence-electron chi connectivity index (χ0n) is 16.7. The monoisotopic (exact) mass is 425 g/mol. The van der Waals surface area contributed by atoms with Gasteiger partial charge in [-0.15, -0.1) is 0 Å². The van der Waals surface area contributed by atoms with Gasteiger partial charge in [0.2, 0.25) is 5.60 Å². The number of rotatable bonds is 3. The average molecular weight is 425 g/mol. The molecule has 0 spiro atoms. The zero-order valence-corrected chi connectivity index (χ0v) is 16.7. The van der Waals surface area contributed by atoms with Crippen LogP contribution in [-0.4, -0.2) is 60.4 Å². The van der Waals surface area contributed by atoms with Crippen molar-refractivity contribution in [3.63, 3.8) is 0 Å². The minimum Gasteiger partial charge on any atom is -0.445 e. The van der Waals surface area contributed by atoms with Crippen LogP contribution < -0.4 is 5.73 Å². The quantitative estimate of drug-likeness (QED) is 0.644. The third-order valence-electron chi connectivity index (χ3n) is 5.34. The number of hydrogen-bond donors (Lipinski definition) is 1. The zero-order chi connectivity index (χ0) is 21.8. The molecule has 5 heterocycles. The molecule has 0 bridgehead atoms. The second kappa shape index (κ2) is 6.74. The number of aromatic nitrogens is 5. The first kappa shape index (κ1) is 19.4. The van der Waals surface area contributed by atoms with Crippen molar-refractivity contribution < 1.29 is 23.7 Å². The Balaban J connectivity index is 1.50. The summed E-state index contributed by atoms with van der Waals surface area (Å²) in [6.07, 6.45) is 2.65. The average Bonchev–Trinajstić information content (AvgIpc) is 3.50. The van der Waals surface area contributed by atoms with Gasteiger partial charge in [0.05, 0.1) is 5.69 Å². The van der Waals surface area contributed by atoms with Crippen molar-refractivity contribution in [1.82, 2.24) is 24.1 Å². The van der Waals surface area contributed by atoms with Gasteiger partial charge < -0.3 is 24.7 Å². The second-order valence-corrected chi connectivity index (χ2v) is 7.79. The summed E-state index contributed by atoms with van der Waals surface area (Å²) in [7, 11) is 0. The molecule has 2 aliphatic rings. The molecule has 2 aliphatic heterocycles. The molecule has 160 valence electrons. The summed E-state index contributed by atoms with van der Waals surface area (Å²) in [6.45, 7) is 3.13. The highest BCUT2D eigenvalue weighted by molar-refractivity contribution is 5.70. The first-order valence-electron chi connectivity index (χ1n) is 9.51. The van der Waals surface area contributed by atoms with Crippen LogP contribution in [0.2, 0.25) is 0 Å². The molecular weight excluding hydrogens is 406 g/mol. The number of imidazole rings is 1. The number of carbonyl (C=O) groups excluding carboxylic acids is 1. The summed E-state index contributed by atoms with van der Waals surface area (Å²) in [5.74, 6) is -0.657. The van der Waals surface area contributed by atoms with E-state index in [1.165, 1.54) is 25.0 Å². The van der Waals surface area contributed by atoms with Crippen LogP contribution in [0.3, 0.4) is 0 Å². The molecule has 0 amide bonds. The van der Waals surface area contributed by atoms with E-state index in [2.05, 4.69) is 21.1 Å². The van der Waals surface area contributed by atoms with E-state index in [4.69, 9.17) is 24.7 Å². The Morgan fingerprint density at radius 1 is 1.35 bits per heavy atom. The van der Waals surface area contributed by atoms with E-state index in [9.17, 15) is 10.1 Å². The van der Waals surface area contributed by atoms with Gasteiger partial charge in [0.25, 0.3) is 0 Å². The van der Waals surface area contributed by atoms with E-state index < -0.39 is 35.8 Å². The van der Waals surface area contributed by atoms with Gasteiger partial charge in [-0.1, -0.05) is 0 Å². The summed E-state index contributed by atoms with van der Waals surface area (Å²) in [6, 6.07) is 5.68. The van der Waals surface area contributed by atoms with Gasteiger partial charge in [-0.2, -0.15) is 10.4 Å². The normalized spacial score (nSPS) is 29.0. The van der Waals surface area contributed by atoms with Gasteiger partial charge in [-0.3, -0.25) is 0 Å². The molecule has 12 heteroatoms. The Morgan fingerprint density at radius 3 is 2.94 bits per heavy atom. The van der Waals surface area contributed by atoms with Crippen molar-refractivity contribution in [3.05, 3.63) is 42.9 Å². The number of nitrogens with two attached hydrogens (primary N) is 1. The van der Waals surface area contributed by atoms with E-state index in [0.29, 0.717) is 17.0 Å². The lowest BCUT2D eigenvalue weighted by Gasteiger charge is -2.28. The summed E-state index contributed by atoms with van der Waals surface area (Å²) in [5.41, 5.74) is 5.55. The van der Waals surface area contributed by atoms with Crippen LogP contribution in [0, 0.1) is 11.3 Å². The van der Waals surface area contributed by atoms with Crippen LogP contribution in [0.15, 0.2) is 37.2 Å². The van der Waals surface area contributed by atoms with E-state index in [1.807, 2.05) is 0 Å². The van der Waals surface area contributed by atoms with Crippen molar-refractivity contribution in [1.29, 1.82) is 5.26 Å². The molecule has 0 aliphatic carbocycles. The standard InChI is InChI=1S/C19H19N7O5/c1-18(2)29-14-13(11-3-4-12-16(21)23-9-24-26(11)12)30-19(7-20,15(14)31-18)8-28-17(27)25-6-5-22-10-25/h3-6,9-10,13-15H,8H2,1-2H3,(H2,21,23,24)/t13-,14-,15-,19+/m0/s1. The third kappa shape index (κ3) is 3.02. The van der Waals surface area contributed by atoms with Crippen LogP contribution >= 0.6 is 0 Å². The van der Waals surface area contributed by atoms with Crippen LogP contribution in [0.5, 0.6) is 0 Å². The number of ether oxygens (including phenoxy) is 4. The molecule has 0 saturated carbocycles. The van der Waals surface area contributed by atoms with Crippen LogP contribution in [0.1, 0.15) is 25.6 Å². The Hall–Kier alpha value is -3.53. The minimum atomic E-state index is -1.60. The van der Waals surface area contributed by atoms with Gasteiger partial charge in [0.1, 0.15) is 49.2 Å². The van der Waals surface area contributed by atoms with E-state index in [-0.39, 0.29) is 6.61 Å². The van der Waals surface area contributed by atoms with Gasteiger partial charge in [-0.05, 0) is 26.0 Å².